The van der Waals surface area contributed by atoms with Crippen molar-refractivity contribution in [2.45, 2.75) is 5.60 Å². The Morgan fingerprint density at radius 2 is 1.52 bits per heavy atom. The smallest absolute Gasteiger partial charge is 0.378 e. The molecule has 1 heterocycles. The number of non-ortho nitro benzene ring substituents is 1. The van der Waals surface area contributed by atoms with Crippen LogP contribution in [0.3, 0.4) is 0 Å². The number of aliphatic hydroxyl groups excluding tert-OH is 2. The first-order valence-corrected chi connectivity index (χ1v) is 9.66. The van der Waals surface area contributed by atoms with Gasteiger partial charge >= 0.3 is 5.97 Å². The summed E-state index contributed by atoms with van der Waals surface area (Å²) >= 11 is 12.5. The first-order chi connectivity index (χ1) is 14.7. The average molecular weight is 458 g/mol. The van der Waals surface area contributed by atoms with E-state index in [1.165, 1.54) is 24.3 Å². The lowest BCUT2D eigenvalue weighted by molar-refractivity contribution is -0.384. The van der Waals surface area contributed by atoms with Crippen molar-refractivity contribution in [2.75, 3.05) is 0 Å². The largest absolute Gasteiger partial charge is 0.504 e. The second kappa shape index (κ2) is 7.61. The minimum absolute atomic E-state index is 0.139. The van der Waals surface area contributed by atoms with E-state index >= 15 is 0 Å². The van der Waals surface area contributed by atoms with Gasteiger partial charge in [-0.25, -0.2) is 4.79 Å². The Bertz CT molecular complexity index is 1240. The summed E-state index contributed by atoms with van der Waals surface area (Å²) in [5.41, 5.74) is -0.231. The van der Waals surface area contributed by atoms with Gasteiger partial charge in [-0.3, -0.25) is 10.1 Å². The molecule has 4 rings (SSSR count). The van der Waals surface area contributed by atoms with Crippen molar-refractivity contribution in [3.8, 4) is 11.1 Å². The molecule has 0 aliphatic carbocycles. The standard InChI is InChI=1S/C22H13Cl2NO6/c23-15-6-1-12(2-7-15)13-3-10-17(18(24)11-13)22(20(27)19(26)21(28)31-22)14-4-8-16(9-5-14)25(29)30/h1-11,26-27H. The zero-order valence-corrected chi connectivity index (χ0v) is 17.1. The van der Waals surface area contributed by atoms with E-state index in [9.17, 15) is 25.1 Å². The summed E-state index contributed by atoms with van der Waals surface area (Å²) in [5, 5.41) is 32.4. The molecule has 0 bridgehead atoms. The average Bonchev–Trinajstić information content (AvgIpc) is 2.99. The van der Waals surface area contributed by atoms with Crippen molar-refractivity contribution in [1.82, 2.24) is 0 Å². The second-order valence-corrected chi connectivity index (χ2v) is 7.62. The molecule has 2 N–H and O–H groups in total. The van der Waals surface area contributed by atoms with Gasteiger partial charge in [0.25, 0.3) is 5.69 Å². The van der Waals surface area contributed by atoms with E-state index in [1.807, 2.05) is 0 Å². The van der Waals surface area contributed by atoms with E-state index in [1.54, 1.807) is 42.5 Å². The number of hydrogen-bond donors (Lipinski definition) is 2. The topological polar surface area (TPSA) is 110 Å². The van der Waals surface area contributed by atoms with Gasteiger partial charge in [-0.1, -0.05) is 47.5 Å². The van der Waals surface area contributed by atoms with Crippen LogP contribution in [-0.2, 0) is 15.1 Å². The van der Waals surface area contributed by atoms with E-state index in [0.717, 1.165) is 11.1 Å². The van der Waals surface area contributed by atoms with Crippen molar-refractivity contribution >= 4 is 34.9 Å². The number of ether oxygens (including phenoxy) is 1. The van der Waals surface area contributed by atoms with E-state index in [4.69, 9.17) is 27.9 Å². The van der Waals surface area contributed by atoms with Crippen LogP contribution in [0.2, 0.25) is 10.0 Å². The number of esters is 1. The quantitative estimate of drug-likeness (QED) is 0.295. The fourth-order valence-corrected chi connectivity index (χ4v) is 3.91. The summed E-state index contributed by atoms with van der Waals surface area (Å²) in [6.45, 7) is 0. The summed E-state index contributed by atoms with van der Waals surface area (Å²) in [4.78, 5) is 22.5. The number of nitro groups is 1. The third-order valence-corrected chi connectivity index (χ3v) is 5.57. The number of cyclic esters (lactones) is 1. The summed E-state index contributed by atoms with van der Waals surface area (Å²) < 4.78 is 5.40. The van der Waals surface area contributed by atoms with Gasteiger partial charge in [0.15, 0.2) is 5.76 Å². The Hall–Kier alpha value is -3.55. The molecule has 0 amide bonds. The van der Waals surface area contributed by atoms with Crippen molar-refractivity contribution in [3.05, 3.63) is 110 Å². The molecule has 0 spiro atoms. The molecular formula is C22H13Cl2NO6. The molecule has 1 atom stereocenters. The SMILES string of the molecule is O=C1OC(c2ccc([N+](=O)[O-])cc2)(c2ccc(-c3ccc(Cl)cc3)cc2Cl)C(O)=C1O. The van der Waals surface area contributed by atoms with Crippen LogP contribution in [0.1, 0.15) is 11.1 Å². The molecule has 1 unspecified atom stereocenters. The Morgan fingerprint density at radius 3 is 2.03 bits per heavy atom. The van der Waals surface area contributed by atoms with Gasteiger partial charge in [0.1, 0.15) is 0 Å². The third-order valence-electron chi connectivity index (χ3n) is 5.01. The molecule has 9 heteroatoms. The maximum Gasteiger partial charge on any atom is 0.378 e. The molecular weight excluding hydrogens is 445 g/mol. The van der Waals surface area contributed by atoms with Gasteiger partial charge in [-0.2, -0.15) is 0 Å². The molecule has 1 aliphatic rings. The molecule has 0 fully saturated rings. The maximum atomic E-state index is 12.1. The number of nitrogens with zero attached hydrogens (tertiary/aromatic N) is 1. The zero-order valence-electron chi connectivity index (χ0n) is 15.6. The molecule has 0 radical (unpaired) electrons. The van der Waals surface area contributed by atoms with Crippen LogP contribution in [0, 0.1) is 10.1 Å². The number of benzene rings is 3. The summed E-state index contributed by atoms with van der Waals surface area (Å²) in [5.74, 6) is -2.86. The lowest BCUT2D eigenvalue weighted by Crippen LogP contribution is -2.31. The van der Waals surface area contributed by atoms with Gasteiger partial charge in [0, 0.05) is 33.3 Å². The van der Waals surface area contributed by atoms with Crippen LogP contribution in [0.5, 0.6) is 0 Å². The number of nitro benzene ring substituents is 1. The number of rotatable bonds is 4. The molecule has 31 heavy (non-hydrogen) atoms. The minimum atomic E-state index is -1.95. The van der Waals surface area contributed by atoms with Crippen molar-refractivity contribution in [2.24, 2.45) is 0 Å². The van der Waals surface area contributed by atoms with Crippen LogP contribution in [-0.4, -0.2) is 21.1 Å². The van der Waals surface area contributed by atoms with Crippen LogP contribution in [0.25, 0.3) is 11.1 Å². The molecule has 0 saturated heterocycles. The fraction of sp³-hybridized carbons (Fsp3) is 0.0455. The third kappa shape index (κ3) is 3.37. The lowest BCUT2D eigenvalue weighted by Gasteiger charge is -2.29. The van der Waals surface area contributed by atoms with Crippen molar-refractivity contribution in [1.29, 1.82) is 0 Å². The Balaban J connectivity index is 1.88. The Labute approximate surface area is 185 Å². The summed E-state index contributed by atoms with van der Waals surface area (Å²) in [7, 11) is 0. The number of carbonyl (C=O) groups is 1. The highest BCUT2D eigenvalue weighted by Crippen LogP contribution is 2.48. The first kappa shape index (κ1) is 20.7. The van der Waals surface area contributed by atoms with Gasteiger partial charge in [-0.05, 0) is 41.5 Å². The highest BCUT2D eigenvalue weighted by atomic mass is 35.5. The van der Waals surface area contributed by atoms with Gasteiger partial charge in [0.05, 0.1) is 4.92 Å². The summed E-state index contributed by atoms with van der Waals surface area (Å²) in [6, 6.07) is 17.0. The predicted octanol–water partition coefficient (Wildman–Crippen LogP) is 5.70. The molecule has 0 saturated carbocycles. The monoisotopic (exact) mass is 457 g/mol. The molecule has 3 aromatic carbocycles. The molecule has 3 aromatic rings. The highest BCUT2D eigenvalue weighted by molar-refractivity contribution is 6.32. The highest BCUT2D eigenvalue weighted by Gasteiger charge is 2.53. The van der Waals surface area contributed by atoms with E-state index in [-0.39, 0.29) is 21.8 Å². The lowest BCUT2D eigenvalue weighted by atomic mass is 9.84. The van der Waals surface area contributed by atoms with Gasteiger partial charge < -0.3 is 14.9 Å². The van der Waals surface area contributed by atoms with Crippen molar-refractivity contribution in [3.63, 3.8) is 0 Å². The number of aliphatic hydroxyl groups is 2. The van der Waals surface area contributed by atoms with E-state index < -0.39 is 28.0 Å². The molecule has 156 valence electrons. The van der Waals surface area contributed by atoms with E-state index in [2.05, 4.69) is 0 Å². The molecule has 7 nitrogen and oxygen atoms in total. The van der Waals surface area contributed by atoms with Gasteiger partial charge in [0.2, 0.25) is 11.4 Å². The number of hydrogen-bond acceptors (Lipinski definition) is 6. The van der Waals surface area contributed by atoms with Crippen LogP contribution < -0.4 is 0 Å². The Kier molecular flexibility index (Phi) is 5.08. The first-order valence-electron chi connectivity index (χ1n) is 8.91. The van der Waals surface area contributed by atoms with Crippen LogP contribution in [0.15, 0.2) is 78.2 Å². The second-order valence-electron chi connectivity index (χ2n) is 6.77. The number of halogens is 2. The Morgan fingerprint density at radius 1 is 0.903 bits per heavy atom. The minimum Gasteiger partial charge on any atom is -0.504 e. The zero-order chi connectivity index (χ0) is 22.3. The molecule has 0 aromatic heterocycles. The van der Waals surface area contributed by atoms with Crippen molar-refractivity contribution < 1.29 is 24.7 Å². The predicted molar refractivity (Wildman–Crippen MR) is 114 cm³/mol. The van der Waals surface area contributed by atoms with E-state index in [0.29, 0.717) is 5.02 Å². The fourth-order valence-electron chi connectivity index (χ4n) is 3.47. The van der Waals surface area contributed by atoms with Crippen LogP contribution >= 0.6 is 23.2 Å². The maximum absolute atomic E-state index is 12.1. The normalized spacial score (nSPS) is 18.2. The molecule has 1 aliphatic heterocycles. The van der Waals surface area contributed by atoms with Crippen LogP contribution in [0.4, 0.5) is 5.69 Å². The summed E-state index contributed by atoms with van der Waals surface area (Å²) in [6.07, 6.45) is 0. The number of carbonyl (C=O) groups excluding carboxylic acids is 1. The van der Waals surface area contributed by atoms with Gasteiger partial charge in [-0.15, -0.1) is 0 Å².